The van der Waals surface area contributed by atoms with Gasteiger partial charge < -0.3 is 4.90 Å². The van der Waals surface area contributed by atoms with Gasteiger partial charge in [-0.2, -0.15) is 0 Å². The lowest BCUT2D eigenvalue weighted by molar-refractivity contribution is -0.385. The predicted molar refractivity (Wildman–Crippen MR) is 69.1 cm³/mol. The van der Waals surface area contributed by atoms with Gasteiger partial charge in [-0.1, -0.05) is 12.1 Å². The molecule has 1 N–H and O–H groups in total. The first-order chi connectivity index (χ1) is 9.99. The van der Waals surface area contributed by atoms with E-state index >= 15 is 0 Å². The number of rotatable bonds is 2. The normalized spacial score (nSPS) is 21.2. The lowest BCUT2D eigenvalue weighted by Crippen LogP contribution is -2.52. The first-order valence-electron chi connectivity index (χ1n) is 6.40. The van der Waals surface area contributed by atoms with Crippen molar-refractivity contribution in [1.82, 2.24) is 10.2 Å². The zero-order chi connectivity index (χ0) is 15.1. The lowest BCUT2D eigenvalue weighted by Gasteiger charge is -2.29. The van der Waals surface area contributed by atoms with Crippen molar-refractivity contribution >= 4 is 23.4 Å². The zero-order valence-corrected chi connectivity index (χ0v) is 10.9. The van der Waals surface area contributed by atoms with Crippen molar-refractivity contribution in [2.45, 2.75) is 25.4 Å². The maximum atomic E-state index is 12.4. The molecule has 1 aromatic rings. The SMILES string of the molecule is O=C1CCC(N2Cc3cccc([N+](=O)[O-])c3C2=O)C(=O)N1. The van der Waals surface area contributed by atoms with E-state index in [2.05, 4.69) is 5.32 Å². The van der Waals surface area contributed by atoms with Crippen LogP contribution in [0.1, 0.15) is 28.8 Å². The summed E-state index contributed by atoms with van der Waals surface area (Å²) in [4.78, 5) is 47.1. The van der Waals surface area contributed by atoms with Gasteiger partial charge in [0.1, 0.15) is 11.6 Å². The topological polar surface area (TPSA) is 110 Å². The van der Waals surface area contributed by atoms with Crippen molar-refractivity contribution in [3.05, 3.63) is 39.4 Å². The van der Waals surface area contributed by atoms with Crippen molar-refractivity contribution in [1.29, 1.82) is 0 Å². The molecule has 0 saturated carbocycles. The van der Waals surface area contributed by atoms with Gasteiger partial charge in [0.2, 0.25) is 11.8 Å². The number of benzene rings is 1. The number of carbonyl (C=O) groups is 3. The van der Waals surface area contributed by atoms with Crippen LogP contribution >= 0.6 is 0 Å². The maximum absolute atomic E-state index is 12.4. The van der Waals surface area contributed by atoms with Crippen LogP contribution in [0.25, 0.3) is 0 Å². The minimum Gasteiger partial charge on any atom is -0.322 e. The standard InChI is InChI=1S/C13H11N3O5/c17-10-5-4-9(12(18)14-10)15-6-7-2-1-3-8(16(20)21)11(7)13(15)19/h1-3,9H,4-6H2,(H,14,17,18). The third kappa shape index (κ3) is 2.04. The Labute approximate surface area is 118 Å². The highest BCUT2D eigenvalue weighted by Gasteiger charge is 2.42. The van der Waals surface area contributed by atoms with Crippen molar-refractivity contribution in [2.75, 3.05) is 0 Å². The summed E-state index contributed by atoms with van der Waals surface area (Å²) in [5.41, 5.74) is 0.304. The molecule has 1 aromatic carbocycles. The highest BCUT2D eigenvalue weighted by molar-refractivity contribution is 6.07. The van der Waals surface area contributed by atoms with Crippen LogP contribution in [0.3, 0.4) is 0 Å². The van der Waals surface area contributed by atoms with Crippen LogP contribution in [0.15, 0.2) is 18.2 Å². The number of hydrogen-bond donors (Lipinski definition) is 1. The number of nitrogens with zero attached hydrogens (tertiary/aromatic N) is 2. The largest absolute Gasteiger partial charge is 0.322 e. The van der Waals surface area contributed by atoms with E-state index in [0.717, 1.165) is 0 Å². The maximum Gasteiger partial charge on any atom is 0.282 e. The Morgan fingerprint density at radius 3 is 2.71 bits per heavy atom. The molecule has 8 heteroatoms. The van der Waals surface area contributed by atoms with Gasteiger partial charge in [0.15, 0.2) is 0 Å². The van der Waals surface area contributed by atoms with Crippen molar-refractivity contribution < 1.29 is 19.3 Å². The van der Waals surface area contributed by atoms with E-state index in [-0.39, 0.29) is 36.5 Å². The average Bonchev–Trinajstić information content (AvgIpc) is 2.76. The molecule has 2 aliphatic heterocycles. The van der Waals surface area contributed by atoms with E-state index in [1.807, 2.05) is 0 Å². The van der Waals surface area contributed by atoms with Crippen LogP contribution in [0.4, 0.5) is 5.69 Å². The number of nitro groups is 1. The summed E-state index contributed by atoms with van der Waals surface area (Å²) in [6.07, 6.45) is 0.386. The number of nitrogens with one attached hydrogen (secondary N) is 1. The Morgan fingerprint density at radius 2 is 2.05 bits per heavy atom. The second kappa shape index (κ2) is 4.65. The molecule has 0 bridgehead atoms. The summed E-state index contributed by atoms with van der Waals surface area (Å²) in [6.45, 7) is 0.141. The molecule has 1 saturated heterocycles. The molecule has 0 aromatic heterocycles. The Bertz CT molecular complexity index is 684. The van der Waals surface area contributed by atoms with E-state index < -0.39 is 22.8 Å². The summed E-state index contributed by atoms with van der Waals surface area (Å²) >= 11 is 0. The Hall–Kier alpha value is -2.77. The van der Waals surface area contributed by atoms with Crippen LogP contribution in [-0.4, -0.2) is 33.6 Å². The van der Waals surface area contributed by atoms with Crippen LogP contribution in [0.2, 0.25) is 0 Å². The number of imide groups is 1. The van der Waals surface area contributed by atoms with Crippen molar-refractivity contribution in [3.8, 4) is 0 Å². The number of piperidine rings is 1. The molecule has 1 fully saturated rings. The third-order valence-corrected chi connectivity index (χ3v) is 3.73. The molecular weight excluding hydrogens is 278 g/mol. The average molecular weight is 289 g/mol. The molecule has 0 spiro atoms. The van der Waals surface area contributed by atoms with Crippen molar-refractivity contribution in [2.24, 2.45) is 0 Å². The van der Waals surface area contributed by atoms with Crippen LogP contribution in [0.5, 0.6) is 0 Å². The molecule has 3 amide bonds. The Kier molecular flexibility index (Phi) is 2.93. The van der Waals surface area contributed by atoms with Gasteiger partial charge in [-0.25, -0.2) is 0 Å². The monoisotopic (exact) mass is 289 g/mol. The minimum atomic E-state index is -0.762. The van der Waals surface area contributed by atoms with Gasteiger partial charge in [0.25, 0.3) is 11.6 Å². The van der Waals surface area contributed by atoms with Gasteiger partial charge in [-0.05, 0) is 12.0 Å². The minimum absolute atomic E-state index is 0.0344. The lowest BCUT2D eigenvalue weighted by atomic mass is 10.0. The predicted octanol–water partition coefficient (Wildman–Crippen LogP) is 0.356. The molecular formula is C13H11N3O5. The number of fused-ring (bicyclic) bond motifs is 1. The van der Waals surface area contributed by atoms with E-state index in [0.29, 0.717) is 5.56 Å². The van der Waals surface area contributed by atoms with Gasteiger partial charge in [0, 0.05) is 19.0 Å². The van der Waals surface area contributed by atoms with E-state index in [1.54, 1.807) is 6.07 Å². The molecule has 1 atom stereocenters. The number of nitro benzene ring substituents is 1. The summed E-state index contributed by atoms with van der Waals surface area (Å²) < 4.78 is 0. The molecule has 2 aliphatic rings. The van der Waals surface area contributed by atoms with Gasteiger partial charge in [-0.3, -0.25) is 29.8 Å². The molecule has 8 nitrogen and oxygen atoms in total. The molecule has 1 unspecified atom stereocenters. The summed E-state index contributed by atoms with van der Waals surface area (Å²) in [7, 11) is 0. The van der Waals surface area contributed by atoms with Crippen LogP contribution in [-0.2, 0) is 16.1 Å². The number of carbonyl (C=O) groups excluding carboxylic acids is 3. The van der Waals surface area contributed by atoms with Gasteiger partial charge >= 0.3 is 0 Å². The molecule has 108 valence electrons. The second-order valence-electron chi connectivity index (χ2n) is 4.97. The zero-order valence-electron chi connectivity index (χ0n) is 10.9. The second-order valence-corrected chi connectivity index (χ2v) is 4.97. The fourth-order valence-corrected chi connectivity index (χ4v) is 2.75. The summed E-state index contributed by atoms with van der Waals surface area (Å²) in [5.74, 6) is -1.44. The van der Waals surface area contributed by atoms with E-state index in [9.17, 15) is 24.5 Å². The fraction of sp³-hybridized carbons (Fsp3) is 0.308. The fourth-order valence-electron chi connectivity index (χ4n) is 2.75. The van der Waals surface area contributed by atoms with Crippen LogP contribution in [0, 0.1) is 10.1 Å². The summed E-state index contributed by atoms with van der Waals surface area (Å²) in [6, 6.07) is 3.65. The molecule has 21 heavy (non-hydrogen) atoms. The van der Waals surface area contributed by atoms with E-state index in [1.165, 1.54) is 17.0 Å². The van der Waals surface area contributed by atoms with Crippen molar-refractivity contribution in [3.63, 3.8) is 0 Å². The highest BCUT2D eigenvalue weighted by Crippen LogP contribution is 2.33. The Balaban J connectivity index is 1.94. The number of amides is 3. The van der Waals surface area contributed by atoms with Gasteiger partial charge in [0.05, 0.1) is 4.92 Å². The summed E-state index contributed by atoms with van der Waals surface area (Å²) in [5, 5.41) is 13.2. The third-order valence-electron chi connectivity index (χ3n) is 3.73. The Morgan fingerprint density at radius 1 is 1.29 bits per heavy atom. The van der Waals surface area contributed by atoms with Gasteiger partial charge in [-0.15, -0.1) is 0 Å². The van der Waals surface area contributed by atoms with Crippen LogP contribution < -0.4 is 5.32 Å². The first kappa shape index (κ1) is 13.2. The molecule has 0 aliphatic carbocycles. The molecule has 3 rings (SSSR count). The van der Waals surface area contributed by atoms with E-state index in [4.69, 9.17) is 0 Å². The number of hydrogen-bond acceptors (Lipinski definition) is 5. The smallest absolute Gasteiger partial charge is 0.282 e. The molecule has 0 radical (unpaired) electrons. The highest BCUT2D eigenvalue weighted by atomic mass is 16.6. The first-order valence-corrected chi connectivity index (χ1v) is 6.40. The molecule has 2 heterocycles. The quantitative estimate of drug-likeness (QED) is 0.480.